The van der Waals surface area contributed by atoms with Gasteiger partial charge in [0.2, 0.25) is 0 Å². The van der Waals surface area contributed by atoms with Crippen LogP contribution in [0.15, 0.2) is 33.4 Å². The lowest BCUT2D eigenvalue weighted by molar-refractivity contribution is 0.00164. The third-order valence-electron chi connectivity index (χ3n) is 3.92. The molecule has 1 saturated heterocycles. The van der Waals surface area contributed by atoms with Crippen LogP contribution < -0.4 is 0 Å². The van der Waals surface area contributed by atoms with Crippen molar-refractivity contribution in [2.24, 2.45) is 0 Å². The highest BCUT2D eigenvalue weighted by Crippen LogP contribution is 2.32. The molecule has 2 aromatic rings. The second-order valence-corrected chi connectivity index (χ2v) is 5.77. The maximum Gasteiger partial charge on any atom is 0.154 e. The predicted molar refractivity (Wildman–Crippen MR) is 79.2 cm³/mol. The van der Waals surface area contributed by atoms with Gasteiger partial charge in [0, 0.05) is 12.6 Å². The van der Waals surface area contributed by atoms with Crippen LogP contribution in [0.3, 0.4) is 0 Å². The van der Waals surface area contributed by atoms with E-state index in [1.54, 1.807) is 6.26 Å². The maximum atomic E-state index is 10.2. The number of aryl methyl sites for hydroxylation is 1. The molecule has 2 aromatic heterocycles. The van der Waals surface area contributed by atoms with Gasteiger partial charge in [-0.25, -0.2) is 0 Å². The molecule has 6 heteroatoms. The van der Waals surface area contributed by atoms with Gasteiger partial charge in [-0.2, -0.15) is 0 Å². The van der Waals surface area contributed by atoms with Crippen molar-refractivity contribution in [3.63, 3.8) is 0 Å². The highest BCUT2D eigenvalue weighted by atomic mass is 16.5. The van der Waals surface area contributed by atoms with E-state index in [2.05, 4.69) is 10.1 Å². The van der Waals surface area contributed by atoms with Crippen molar-refractivity contribution >= 4 is 0 Å². The number of hydrogen-bond acceptors (Lipinski definition) is 6. The van der Waals surface area contributed by atoms with Crippen LogP contribution in [0, 0.1) is 6.92 Å². The predicted octanol–water partition coefficient (Wildman–Crippen LogP) is 2.29. The number of β-amino-alcohol motifs (C(OH)–C–C–N with tert-alkyl or cyclic N) is 1. The molecule has 0 aromatic carbocycles. The summed E-state index contributed by atoms with van der Waals surface area (Å²) in [4.78, 5) is 2.24. The summed E-state index contributed by atoms with van der Waals surface area (Å²) in [5, 5.41) is 14.1. The Morgan fingerprint density at radius 2 is 2.45 bits per heavy atom. The Morgan fingerprint density at radius 1 is 1.55 bits per heavy atom. The molecule has 22 heavy (non-hydrogen) atoms. The van der Waals surface area contributed by atoms with Crippen LogP contribution in [0.1, 0.15) is 36.1 Å². The minimum absolute atomic E-state index is 0.209. The zero-order valence-electron chi connectivity index (χ0n) is 12.8. The Bertz CT molecular complexity index is 566. The number of likely N-dealkylation sites (tertiary alicyclic amines) is 1. The fraction of sp³-hybridized carbons (Fsp3) is 0.562. The summed E-state index contributed by atoms with van der Waals surface area (Å²) in [6.45, 7) is 4.12. The lowest BCUT2D eigenvalue weighted by Crippen LogP contribution is -2.34. The Labute approximate surface area is 129 Å². The minimum atomic E-state index is -0.528. The third kappa shape index (κ3) is 3.76. The number of aromatic nitrogens is 1. The Hall–Kier alpha value is -1.63. The van der Waals surface area contributed by atoms with Crippen LogP contribution in [0.5, 0.6) is 0 Å². The summed E-state index contributed by atoms with van der Waals surface area (Å²) in [6, 6.07) is 5.86. The quantitative estimate of drug-likeness (QED) is 0.846. The van der Waals surface area contributed by atoms with E-state index in [0.717, 1.165) is 36.6 Å². The fourth-order valence-corrected chi connectivity index (χ4v) is 2.92. The smallest absolute Gasteiger partial charge is 0.154 e. The van der Waals surface area contributed by atoms with Crippen molar-refractivity contribution in [2.75, 3.05) is 19.7 Å². The molecule has 1 fully saturated rings. The molecule has 0 saturated carbocycles. The number of ether oxygens (including phenoxy) is 1. The van der Waals surface area contributed by atoms with E-state index in [9.17, 15) is 5.11 Å². The molecule has 120 valence electrons. The van der Waals surface area contributed by atoms with Gasteiger partial charge in [0.1, 0.15) is 12.4 Å². The van der Waals surface area contributed by atoms with Gasteiger partial charge in [-0.05, 0) is 38.4 Å². The Kier molecular flexibility index (Phi) is 4.92. The van der Waals surface area contributed by atoms with Crippen molar-refractivity contribution < 1.29 is 18.8 Å². The lowest BCUT2D eigenvalue weighted by atomic mass is 10.1. The monoisotopic (exact) mass is 306 g/mol. The van der Waals surface area contributed by atoms with E-state index in [1.807, 2.05) is 25.1 Å². The second-order valence-electron chi connectivity index (χ2n) is 5.77. The molecule has 0 unspecified atom stereocenters. The summed E-state index contributed by atoms with van der Waals surface area (Å²) in [6.07, 6.45) is 3.22. The molecule has 6 nitrogen and oxygen atoms in total. The first-order valence-electron chi connectivity index (χ1n) is 7.68. The van der Waals surface area contributed by atoms with E-state index < -0.39 is 6.10 Å². The van der Waals surface area contributed by atoms with E-state index in [0.29, 0.717) is 19.8 Å². The van der Waals surface area contributed by atoms with E-state index >= 15 is 0 Å². The molecule has 0 spiro atoms. The van der Waals surface area contributed by atoms with Crippen LogP contribution in [-0.4, -0.2) is 41.0 Å². The van der Waals surface area contributed by atoms with Crippen molar-refractivity contribution in [2.45, 2.75) is 38.5 Å². The van der Waals surface area contributed by atoms with E-state index in [4.69, 9.17) is 13.7 Å². The van der Waals surface area contributed by atoms with Gasteiger partial charge in [0.05, 0.1) is 30.7 Å². The molecule has 1 aliphatic heterocycles. The summed E-state index contributed by atoms with van der Waals surface area (Å²) >= 11 is 0. The van der Waals surface area contributed by atoms with Crippen molar-refractivity contribution in [3.8, 4) is 0 Å². The average Bonchev–Trinajstić information content (AvgIpc) is 3.20. The molecule has 0 bridgehead atoms. The number of aliphatic hydroxyl groups is 1. The molecular weight excluding hydrogens is 284 g/mol. The highest BCUT2D eigenvalue weighted by Gasteiger charge is 2.30. The fourth-order valence-electron chi connectivity index (χ4n) is 2.92. The Balaban J connectivity index is 1.46. The Morgan fingerprint density at radius 3 is 3.18 bits per heavy atom. The van der Waals surface area contributed by atoms with Crippen LogP contribution in [0.2, 0.25) is 0 Å². The number of hydrogen-bond donors (Lipinski definition) is 1. The van der Waals surface area contributed by atoms with Gasteiger partial charge >= 0.3 is 0 Å². The summed E-state index contributed by atoms with van der Waals surface area (Å²) in [5.41, 5.74) is 0.893. The topological polar surface area (TPSA) is 71.9 Å². The zero-order valence-corrected chi connectivity index (χ0v) is 12.8. The summed E-state index contributed by atoms with van der Waals surface area (Å²) in [5.74, 6) is 1.65. The van der Waals surface area contributed by atoms with Crippen LogP contribution >= 0.6 is 0 Å². The first-order chi connectivity index (χ1) is 10.7. The largest absolute Gasteiger partial charge is 0.467 e. The number of aliphatic hydroxyl groups excluding tert-OH is 1. The molecule has 3 rings (SSSR count). The average molecular weight is 306 g/mol. The number of furan rings is 1. The molecule has 0 radical (unpaired) electrons. The van der Waals surface area contributed by atoms with Gasteiger partial charge < -0.3 is 18.8 Å². The lowest BCUT2D eigenvalue weighted by Gasteiger charge is -2.24. The van der Waals surface area contributed by atoms with Gasteiger partial charge in [-0.1, -0.05) is 5.16 Å². The van der Waals surface area contributed by atoms with E-state index in [1.165, 1.54) is 0 Å². The van der Waals surface area contributed by atoms with Gasteiger partial charge in [0.15, 0.2) is 5.76 Å². The van der Waals surface area contributed by atoms with Crippen molar-refractivity contribution in [1.29, 1.82) is 0 Å². The molecule has 1 aliphatic rings. The van der Waals surface area contributed by atoms with Gasteiger partial charge in [0.25, 0.3) is 0 Å². The third-order valence-corrected chi connectivity index (χ3v) is 3.92. The molecule has 0 aliphatic carbocycles. The SMILES string of the molecule is Cc1cc([C@@H]2CCCN2C[C@@H](O)COCc2ccco2)on1. The van der Waals surface area contributed by atoms with Crippen LogP contribution in [0.25, 0.3) is 0 Å². The molecule has 3 heterocycles. The molecule has 2 atom stereocenters. The normalized spacial score (nSPS) is 20.5. The second kappa shape index (κ2) is 7.09. The first-order valence-corrected chi connectivity index (χ1v) is 7.68. The summed E-state index contributed by atoms with van der Waals surface area (Å²) < 4.78 is 16.1. The standard InChI is InChI=1S/C16H22N2O4/c1-12-8-16(22-17-12)15-5-2-6-18(15)9-13(19)10-20-11-14-4-3-7-21-14/h3-4,7-8,13,15,19H,2,5-6,9-11H2,1H3/t13-,15+/m1/s1. The van der Waals surface area contributed by atoms with Gasteiger partial charge in [-0.15, -0.1) is 0 Å². The van der Waals surface area contributed by atoms with E-state index in [-0.39, 0.29) is 6.04 Å². The minimum Gasteiger partial charge on any atom is -0.467 e. The van der Waals surface area contributed by atoms with Crippen LogP contribution in [-0.2, 0) is 11.3 Å². The van der Waals surface area contributed by atoms with Crippen molar-refractivity contribution in [1.82, 2.24) is 10.1 Å². The number of nitrogens with zero attached hydrogens (tertiary/aromatic N) is 2. The first kappa shape index (κ1) is 15.3. The maximum absolute atomic E-state index is 10.2. The molecule has 1 N–H and O–H groups in total. The zero-order chi connectivity index (χ0) is 15.4. The van der Waals surface area contributed by atoms with Crippen LogP contribution in [0.4, 0.5) is 0 Å². The van der Waals surface area contributed by atoms with Gasteiger partial charge in [-0.3, -0.25) is 4.90 Å². The molecular formula is C16H22N2O4. The highest BCUT2D eigenvalue weighted by molar-refractivity contribution is 5.09. The summed E-state index contributed by atoms with van der Waals surface area (Å²) in [7, 11) is 0. The molecule has 0 amide bonds. The van der Waals surface area contributed by atoms with Crippen molar-refractivity contribution in [3.05, 3.63) is 41.7 Å². The number of rotatable bonds is 7.